The molecule has 2 saturated heterocycles. The van der Waals surface area contributed by atoms with Crippen LogP contribution < -0.4 is 10.5 Å². The van der Waals surface area contributed by atoms with E-state index in [0.717, 1.165) is 50.2 Å². The number of pyridine rings is 1. The van der Waals surface area contributed by atoms with Crippen LogP contribution in [0.1, 0.15) is 75.5 Å². The molecule has 3 rings (SSSR count). The summed E-state index contributed by atoms with van der Waals surface area (Å²) in [5, 5.41) is 9.64. The lowest BCUT2D eigenvalue weighted by atomic mass is 9.97. The first-order chi connectivity index (χ1) is 15.8. The van der Waals surface area contributed by atoms with E-state index in [1.807, 2.05) is 6.08 Å². The Morgan fingerprint density at radius 2 is 1.85 bits per heavy atom. The lowest BCUT2D eigenvalue weighted by molar-refractivity contribution is -0.122. The topological polar surface area (TPSA) is 69.3 Å². The van der Waals surface area contributed by atoms with Gasteiger partial charge in [-0.25, -0.2) is 0 Å². The van der Waals surface area contributed by atoms with Crippen molar-refractivity contribution in [3.05, 3.63) is 31.9 Å². The van der Waals surface area contributed by atoms with Crippen LogP contribution in [0.4, 0.5) is 5.82 Å². The minimum Gasteiger partial charge on any atom is -0.357 e. The van der Waals surface area contributed by atoms with Gasteiger partial charge in [0, 0.05) is 32.2 Å². The number of hydrogen-bond acceptors (Lipinski definition) is 6. The minimum atomic E-state index is -0.291. The Bertz CT molecular complexity index is 1050. The summed E-state index contributed by atoms with van der Waals surface area (Å²) in [6.07, 6.45) is 9.54. The van der Waals surface area contributed by atoms with Crippen molar-refractivity contribution < 1.29 is 4.79 Å². The Kier molecular flexibility index (Phi) is 8.77. The van der Waals surface area contributed by atoms with E-state index in [1.54, 1.807) is 23.4 Å². The van der Waals surface area contributed by atoms with Gasteiger partial charge in [-0.2, -0.15) is 5.26 Å². The first-order valence-electron chi connectivity index (χ1n) is 11.9. The molecule has 1 aromatic heterocycles. The smallest absolute Gasteiger partial charge is 0.270 e. The molecule has 1 aromatic rings. The SMILES string of the molecule is CCCCCCCN1C(=O)/C(=C/c2c(C)c(C#N)c(=O)n(C)c2N2CCC(C)CC2)SC1=S. The van der Waals surface area contributed by atoms with Gasteiger partial charge in [-0.15, -0.1) is 0 Å². The molecule has 1 amide bonds. The minimum absolute atomic E-state index is 0.0783. The summed E-state index contributed by atoms with van der Waals surface area (Å²) >= 11 is 6.83. The molecule has 0 aromatic carbocycles. The van der Waals surface area contributed by atoms with Crippen LogP contribution >= 0.6 is 24.0 Å². The van der Waals surface area contributed by atoms with Crippen LogP contribution in [-0.2, 0) is 11.8 Å². The molecule has 0 atom stereocenters. The summed E-state index contributed by atoms with van der Waals surface area (Å²) in [6, 6.07) is 2.07. The van der Waals surface area contributed by atoms with Crippen LogP contribution in [0.2, 0.25) is 0 Å². The number of carbonyl (C=O) groups excluding carboxylic acids is 1. The number of nitriles is 1. The molecule has 3 heterocycles. The van der Waals surface area contributed by atoms with Crippen LogP contribution in [0, 0.1) is 24.2 Å². The van der Waals surface area contributed by atoms with E-state index in [9.17, 15) is 14.9 Å². The Morgan fingerprint density at radius 1 is 1.18 bits per heavy atom. The van der Waals surface area contributed by atoms with Crippen LogP contribution in [0.5, 0.6) is 0 Å². The second kappa shape index (κ2) is 11.3. The molecule has 33 heavy (non-hydrogen) atoms. The number of amides is 1. The quantitative estimate of drug-likeness (QED) is 0.293. The molecule has 0 aliphatic carbocycles. The number of aromatic nitrogens is 1. The van der Waals surface area contributed by atoms with E-state index in [2.05, 4.69) is 24.8 Å². The summed E-state index contributed by atoms with van der Waals surface area (Å²) in [4.78, 5) is 30.6. The highest BCUT2D eigenvalue weighted by Gasteiger charge is 2.33. The summed E-state index contributed by atoms with van der Waals surface area (Å²) in [6.45, 7) is 8.56. The Hall–Kier alpha value is -2.11. The molecule has 2 aliphatic rings. The number of anilines is 1. The largest absolute Gasteiger partial charge is 0.357 e. The first-order valence-corrected chi connectivity index (χ1v) is 13.2. The molecule has 0 radical (unpaired) electrons. The Balaban J connectivity index is 1.96. The zero-order valence-electron chi connectivity index (χ0n) is 20.1. The van der Waals surface area contributed by atoms with Crippen molar-refractivity contribution in [3.63, 3.8) is 0 Å². The van der Waals surface area contributed by atoms with Crippen molar-refractivity contribution in [1.82, 2.24) is 9.47 Å². The molecule has 0 unspecified atom stereocenters. The van der Waals surface area contributed by atoms with Gasteiger partial charge in [-0.05, 0) is 43.7 Å². The summed E-state index contributed by atoms with van der Waals surface area (Å²) in [5.74, 6) is 1.36. The zero-order valence-corrected chi connectivity index (χ0v) is 21.8. The lowest BCUT2D eigenvalue weighted by Crippen LogP contribution is -2.38. The second-order valence-electron chi connectivity index (χ2n) is 9.13. The van der Waals surface area contributed by atoms with Crippen molar-refractivity contribution >= 4 is 46.1 Å². The Morgan fingerprint density at radius 3 is 2.48 bits per heavy atom. The highest BCUT2D eigenvalue weighted by Crippen LogP contribution is 2.36. The number of unbranched alkanes of at least 4 members (excludes halogenated alkanes) is 4. The fourth-order valence-electron chi connectivity index (χ4n) is 4.51. The number of carbonyl (C=O) groups is 1. The molecule has 0 spiro atoms. The van der Waals surface area contributed by atoms with E-state index in [-0.39, 0.29) is 17.0 Å². The van der Waals surface area contributed by atoms with Gasteiger partial charge in [0.2, 0.25) is 0 Å². The lowest BCUT2D eigenvalue weighted by Gasteiger charge is -2.34. The monoisotopic (exact) mass is 486 g/mol. The van der Waals surface area contributed by atoms with Gasteiger partial charge in [0.25, 0.3) is 11.5 Å². The van der Waals surface area contributed by atoms with Crippen LogP contribution in [0.15, 0.2) is 9.70 Å². The maximum absolute atomic E-state index is 13.2. The van der Waals surface area contributed by atoms with Crippen molar-refractivity contribution in [1.29, 1.82) is 5.26 Å². The third-order valence-corrected chi connectivity index (χ3v) is 8.06. The van der Waals surface area contributed by atoms with Gasteiger partial charge in [0.15, 0.2) is 0 Å². The first kappa shape index (κ1) is 25.5. The van der Waals surface area contributed by atoms with Gasteiger partial charge >= 0.3 is 0 Å². The second-order valence-corrected chi connectivity index (χ2v) is 10.8. The van der Waals surface area contributed by atoms with Crippen molar-refractivity contribution in [2.24, 2.45) is 13.0 Å². The van der Waals surface area contributed by atoms with Crippen molar-refractivity contribution in [3.8, 4) is 6.07 Å². The van der Waals surface area contributed by atoms with Gasteiger partial charge < -0.3 is 4.90 Å². The van der Waals surface area contributed by atoms with Crippen LogP contribution in [0.3, 0.4) is 0 Å². The Labute approximate surface area is 206 Å². The molecule has 2 aliphatic heterocycles. The molecule has 2 fully saturated rings. The highest BCUT2D eigenvalue weighted by atomic mass is 32.2. The number of rotatable bonds is 8. The molecule has 0 saturated carbocycles. The fraction of sp³-hybridized carbons (Fsp3) is 0.600. The van der Waals surface area contributed by atoms with Gasteiger partial charge in [0.1, 0.15) is 21.8 Å². The maximum atomic E-state index is 13.2. The summed E-state index contributed by atoms with van der Waals surface area (Å²) < 4.78 is 2.15. The molecule has 0 N–H and O–H groups in total. The molecule has 6 nitrogen and oxygen atoms in total. The van der Waals surface area contributed by atoms with E-state index in [1.165, 1.54) is 31.0 Å². The average molecular weight is 487 g/mol. The van der Waals surface area contributed by atoms with E-state index < -0.39 is 0 Å². The number of hydrogen-bond donors (Lipinski definition) is 0. The van der Waals surface area contributed by atoms with Crippen molar-refractivity contribution in [2.75, 3.05) is 24.5 Å². The summed E-state index contributed by atoms with van der Waals surface area (Å²) in [7, 11) is 1.72. The predicted molar refractivity (Wildman–Crippen MR) is 140 cm³/mol. The van der Waals surface area contributed by atoms with Gasteiger partial charge in [-0.1, -0.05) is 63.5 Å². The molecule has 178 valence electrons. The van der Waals surface area contributed by atoms with Crippen LogP contribution in [0.25, 0.3) is 6.08 Å². The van der Waals surface area contributed by atoms with Gasteiger partial charge in [0.05, 0.1) is 4.91 Å². The maximum Gasteiger partial charge on any atom is 0.270 e. The molecular formula is C25H34N4O2S2. The van der Waals surface area contributed by atoms with Crippen LogP contribution in [-0.4, -0.2) is 39.3 Å². The van der Waals surface area contributed by atoms with E-state index in [0.29, 0.717) is 27.3 Å². The zero-order chi connectivity index (χ0) is 24.1. The predicted octanol–water partition coefficient (Wildman–Crippen LogP) is 4.97. The average Bonchev–Trinajstić information content (AvgIpc) is 3.06. The molecule has 8 heteroatoms. The van der Waals surface area contributed by atoms with E-state index in [4.69, 9.17) is 12.2 Å². The standard InChI is InChI=1S/C25H34N4O2S2/c1-5-6-7-8-9-12-29-24(31)21(33-25(29)32)15-19-18(3)20(16-26)23(30)27(4)22(19)28-13-10-17(2)11-14-28/h15,17H,5-14H2,1-4H3/b21-15-. The van der Waals surface area contributed by atoms with E-state index >= 15 is 0 Å². The highest BCUT2D eigenvalue weighted by molar-refractivity contribution is 8.26. The van der Waals surface area contributed by atoms with Crippen molar-refractivity contribution in [2.45, 2.75) is 65.7 Å². The fourth-order valence-corrected chi connectivity index (χ4v) is 5.80. The summed E-state index contributed by atoms with van der Waals surface area (Å²) in [5.41, 5.74) is 1.23. The number of thiocarbonyl (C=S) groups is 1. The number of nitrogens with zero attached hydrogens (tertiary/aromatic N) is 4. The normalized spacial score (nSPS) is 18.5. The number of piperidine rings is 1. The molecular weight excluding hydrogens is 452 g/mol. The third-order valence-electron chi connectivity index (χ3n) is 6.69. The molecule has 0 bridgehead atoms. The number of thioether (sulfide) groups is 1. The third kappa shape index (κ3) is 5.52. The van der Waals surface area contributed by atoms with Gasteiger partial charge in [-0.3, -0.25) is 19.1 Å².